The second-order valence-corrected chi connectivity index (χ2v) is 7.11. The molecule has 0 fully saturated rings. The first-order chi connectivity index (χ1) is 13.3. The minimum Gasteiger partial charge on any atom is -0.491 e. The van der Waals surface area contributed by atoms with Crippen LogP contribution in [0.5, 0.6) is 5.75 Å². The third-order valence-electron chi connectivity index (χ3n) is 5.08. The van der Waals surface area contributed by atoms with E-state index in [1.807, 2.05) is 30.3 Å². The van der Waals surface area contributed by atoms with Gasteiger partial charge in [0.15, 0.2) is 0 Å². The second kappa shape index (κ2) is 8.38. The maximum Gasteiger partial charge on any atom is 0.119 e. The molecule has 1 aliphatic heterocycles. The van der Waals surface area contributed by atoms with Crippen molar-refractivity contribution in [1.29, 1.82) is 0 Å². The number of aliphatic hydroxyl groups excluding tert-OH is 1. The average Bonchev–Trinajstić information content (AvgIpc) is 2.73. The summed E-state index contributed by atoms with van der Waals surface area (Å²) >= 11 is 0. The third kappa shape index (κ3) is 4.57. The van der Waals surface area contributed by atoms with Crippen LogP contribution in [0.3, 0.4) is 0 Å². The van der Waals surface area contributed by atoms with Crippen molar-refractivity contribution in [2.45, 2.75) is 19.1 Å². The molecule has 0 amide bonds. The van der Waals surface area contributed by atoms with Crippen LogP contribution in [-0.2, 0) is 13.0 Å². The zero-order chi connectivity index (χ0) is 18.5. The number of fused-ring (bicyclic) bond motifs is 1. The molecule has 1 aliphatic rings. The Hall–Kier alpha value is -2.62. The molecule has 3 nitrogen and oxygen atoms in total. The van der Waals surface area contributed by atoms with Crippen LogP contribution in [0.4, 0.5) is 0 Å². The fourth-order valence-corrected chi connectivity index (χ4v) is 3.63. The van der Waals surface area contributed by atoms with E-state index < -0.39 is 6.10 Å². The fraction of sp³-hybridized carbons (Fsp3) is 0.250. The average molecular weight is 359 g/mol. The topological polar surface area (TPSA) is 32.7 Å². The fourth-order valence-electron chi connectivity index (χ4n) is 3.63. The van der Waals surface area contributed by atoms with Crippen LogP contribution in [0.25, 0.3) is 11.1 Å². The molecule has 27 heavy (non-hydrogen) atoms. The molecule has 0 aromatic heterocycles. The predicted octanol–water partition coefficient (Wildman–Crippen LogP) is 4.15. The van der Waals surface area contributed by atoms with Crippen LogP contribution < -0.4 is 4.74 Å². The van der Waals surface area contributed by atoms with E-state index in [1.165, 1.54) is 16.7 Å². The predicted molar refractivity (Wildman–Crippen MR) is 109 cm³/mol. The van der Waals surface area contributed by atoms with Gasteiger partial charge in [-0.15, -0.1) is 0 Å². The summed E-state index contributed by atoms with van der Waals surface area (Å²) in [6, 6.07) is 26.9. The summed E-state index contributed by atoms with van der Waals surface area (Å²) in [6.45, 7) is 2.83. The molecule has 1 unspecified atom stereocenters. The maximum atomic E-state index is 10.4. The minimum atomic E-state index is -0.496. The van der Waals surface area contributed by atoms with Crippen LogP contribution in [0.15, 0.2) is 78.9 Å². The van der Waals surface area contributed by atoms with Crippen molar-refractivity contribution in [2.75, 3.05) is 19.7 Å². The summed E-state index contributed by atoms with van der Waals surface area (Å²) in [7, 11) is 0. The van der Waals surface area contributed by atoms with Gasteiger partial charge in [-0.3, -0.25) is 4.90 Å². The molecule has 0 bridgehead atoms. The standard InChI is InChI=1S/C24H25NO2/c26-23(17-25-15-14-20-8-4-5-9-22(20)16-25)18-27-24-12-10-21(11-13-24)19-6-2-1-3-7-19/h1-13,23,26H,14-18H2. The van der Waals surface area contributed by atoms with Crippen LogP contribution in [0.2, 0.25) is 0 Å². The molecule has 1 atom stereocenters. The highest BCUT2D eigenvalue weighted by atomic mass is 16.5. The molecule has 3 aromatic carbocycles. The van der Waals surface area contributed by atoms with Gasteiger partial charge in [0.1, 0.15) is 18.5 Å². The lowest BCUT2D eigenvalue weighted by Gasteiger charge is -2.30. The van der Waals surface area contributed by atoms with Gasteiger partial charge in [-0.05, 0) is 40.8 Å². The number of ether oxygens (including phenoxy) is 1. The lowest BCUT2D eigenvalue weighted by atomic mass is 10.00. The number of aliphatic hydroxyl groups is 1. The SMILES string of the molecule is OC(COc1ccc(-c2ccccc2)cc1)CN1CCc2ccccc2C1. The van der Waals surface area contributed by atoms with E-state index in [9.17, 15) is 5.11 Å². The third-order valence-corrected chi connectivity index (χ3v) is 5.08. The van der Waals surface area contributed by atoms with Crippen molar-refractivity contribution in [3.63, 3.8) is 0 Å². The van der Waals surface area contributed by atoms with Crippen molar-refractivity contribution in [1.82, 2.24) is 4.90 Å². The van der Waals surface area contributed by atoms with Gasteiger partial charge in [0.25, 0.3) is 0 Å². The molecule has 138 valence electrons. The smallest absolute Gasteiger partial charge is 0.119 e. The number of nitrogens with zero attached hydrogens (tertiary/aromatic N) is 1. The van der Waals surface area contributed by atoms with E-state index in [4.69, 9.17) is 4.74 Å². The van der Waals surface area contributed by atoms with E-state index in [0.717, 1.165) is 30.8 Å². The molecule has 0 aliphatic carbocycles. The molecule has 3 heteroatoms. The highest BCUT2D eigenvalue weighted by Gasteiger charge is 2.18. The van der Waals surface area contributed by atoms with Crippen LogP contribution in [-0.4, -0.2) is 35.8 Å². The Balaban J connectivity index is 1.28. The second-order valence-electron chi connectivity index (χ2n) is 7.11. The molecule has 0 saturated carbocycles. The van der Waals surface area contributed by atoms with Crippen molar-refractivity contribution in [2.24, 2.45) is 0 Å². The molecule has 0 spiro atoms. The van der Waals surface area contributed by atoms with Gasteiger partial charge in [-0.2, -0.15) is 0 Å². The summed E-state index contributed by atoms with van der Waals surface area (Å²) in [4.78, 5) is 2.30. The van der Waals surface area contributed by atoms with E-state index in [0.29, 0.717) is 13.2 Å². The number of hydrogen-bond acceptors (Lipinski definition) is 3. The summed E-state index contributed by atoms with van der Waals surface area (Å²) in [5, 5.41) is 10.4. The summed E-state index contributed by atoms with van der Waals surface area (Å²) in [6.07, 6.45) is 0.550. The quantitative estimate of drug-likeness (QED) is 0.718. The van der Waals surface area contributed by atoms with Gasteiger partial charge in [0, 0.05) is 19.6 Å². The number of β-amino-alcohol motifs (C(OH)–C–C–N with tert-alkyl or cyclic N) is 1. The maximum absolute atomic E-state index is 10.4. The molecular formula is C24H25NO2. The lowest BCUT2D eigenvalue weighted by molar-refractivity contribution is 0.0638. The number of rotatable bonds is 6. The molecule has 4 rings (SSSR count). The lowest BCUT2D eigenvalue weighted by Crippen LogP contribution is -2.38. The van der Waals surface area contributed by atoms with E-state index >= 15 is 0 Å². The monoisotopic (exact) mass is 359 g/mol. The van der Waals surface area contributed by atoms with Gasteiger partial charge in [0.05, 0.1) is 0 Å². The summed E-state index contributed by atoms with van der Waals surface area (Å²) in [5.41, 5.74) is 5.15. The number of benzene rings is 3. The summed E-state index contributed by atoms with van der Waals surface area (Å²) < 4.78 is 5.79. The van der Waals surface area contributed by atoms with E-state index in [-0.39, 0.29) is 0 Å². The molecule has 1 heterocycles. The van der Waals surface area contributed by atoms with Crippen molar-refractivity contribution >= 4 is 0 Å². The zero-order valence-corrected chi connectivity index (χ0v) is 15.4. The zero-order valence-electron chi connectivity index (χ0n) is 15.4. The van der Waals surface area contributed by atoms with Gasteiger partial charge in [0.2, 0.25) is 0 Å². The first-order valence-electron chi connectivity index (χ1n) is 9.53. The molecule has 0 radical (unpaired) electrons. The van der Waals surface area contributed by atoms with E-state index in [1.54, 1.807) is 0 Å². The minimum absolute atomic E-state index is 0.308. The summed E-state index contributed by atoms with van der Waals surface area (Å²) in [5.74, 6) is 0.790. The van der Waals surface area contributed by atoms with Crippen LogP contribution >= 0.6 is 0 Å². The Morgan fingerprint density at radius 2 is 1.48 bits per heavy atom. The molecule has 1 N–H and O–H groups in total. The molecule has 0 saturated heterocycles. The van der Waals surface area contributed by atoms with Gasteiger partial charge in [-0.1, -0.05) is 66.7 Å². The first kappa shape index (κ1) is 17.8. The Bertz CT molecular complexity index is 861. The Labute approximate surface area is 160 Å². The Morgan fingerprint density at radius 1 is 0.815 bits per heavy atom. The van der Waals surface area contributed by atoms with Gasteiger partial charge >= 0.3 is 0 Å². The highest BCUT2D eigenvalue weighted by Crippen LogP contribution is 2.22. The largest absolute Gasteiger partial charge is 0.491 e. The van der Waals surface area contributed by atoms with Crippen molar-refractivity contribution in [3.05, 3.63) is 90.0 Å². The Kier molecular flexibility index (Phi) is 5.52. The molecule has 3 aromatic rings. The Morgan fingerprint density at radius 3 is 2.26 bits per heavy atom. The first-order valence-corrected chi connectivity index (χ1v) is 9.53. The van der Waals surface area contributed by atoms with Crippen molar-refractivity contribution in [3.8, 4) is 16.9 Å². The molecular weight excluding hydrogens is 334 g/mol. The normalized spacial score (nSPS) is 15.1. The van der Waals surface area contributed by atoms with Crippen LogP contribution in [0.1, 0.15) is 11.1 Å². The highest BCUT2D eigenvalue weighted by molar-refractivity contribution is 5.63. The van der Waals surface area contributed by atoms with E-state index in [2.05, 4.69) is 53.4 Å². The van der Waals surface area contributed by atoms with Gasteiger partial charge < -0.3 is 9.84 Å². The number of hydrogen-bond donors (Lipinski definition) is 1. The van der Waals surface area contributed by atoms with Crippen molar-refractivity contribution < 1.29 is 9.84 Å². The van der Waals surface area contributed by atoms with Gasteiger partial charge in [-0.25, -0.2) is 0 Å². The van der Waals surface area contributed by atoms with Crippen LogP contribution in [0, 0.1) is 0 Å².